The third-order valence-corrected chi connectivity index (χ3v) is 6.92. The molecule has 2 saturated heterocycles. The van der Waals surface area contributed by atoms with Gasteiger partial charge in [-0.25, -0.2) is 0 Å². The van der Waals surface area contributed by atoms with E-state index in [9.17, 15) is 0 Å². The summed E-state index contributed by atoms with van der Waals surface area (Å²) in [5, 5.41) is 0. The summed E-state index contributed by atoms with van der Waals surface area (Å²) in [7, 11) is 0. The first-order chi connectivity index (χ1) is 10.8. The van der Waals surface area contributed by atoms with Crippen LogP contribution in [0.1, 0.15) is 68.2 Å². The molecule has 2 aliphatic heterocycles. The summed E-state index contributed by atoms with van der Waals surface area (Å²) in [5.74, 6) is 2.65. The molecule has 0 bridgehead atoms. The van der Waals surface area contributed by atoms with E-state index < -0.39 is 0 Å². The zero-order chi connectivity index (χ0) is 17.3. The predicted octanol–water partition coefficient (Wildman–Crippen LogP) is 4.88. The van der Waals surface area contributed by atoms with Crippen molar-refractivity contribution in [2.45, 2.75) is 98.9 Å². The van der Waals surface area contributed by atoms with Crippen molar-refractivity contribution in [3.63, 3.8) is 0 Å². The van der Waals surface area contributed by atoms with E-state index in [1.165, 1.54) is 0 Å². The molecular formula is C20H38O3. The first kappa shape index (κ1) is 19.2. The average molecular weight is 327 g/mol. The average Bonchev–Trinajstić information content (AvgIpc) is 2.55. The molecule has 0 spiro atoms. The van der Waals surface area contributed by atoms with Crippen molar-refractivity contribution in [2.24, 2.45) is 29.6 Å². The lowest BCUT2D eigenvalue weighted by atomic mass is 9.77. The molecule has 2 heterocycles. The minimum absolute atomic E-state index is 0.100. The van der Waals surface area contributed by atoms with Gasteiger partial charge in [0.15, 0.2) is 6.29 Å². The Morgan fingerprint density at radius 2 is 1.26 bits per heavy atom. The molecule has 0 amide bonds. The van der Waals surface area contributed by atoms with Crippen molar-refractivity contribution in [1.29, 1.82) is 0 Å². The van der Waals surface area contributed by atoms with Gasteiger partial charge < -0.3 is 14.2 Å². The Balaban J connectivity index is 2.11. The van der Waals surface area contributed by atoms with Crippen LogP contribution in [0.2, 0.25) is 0 Å². The van der Waals surface area contributed by atoms with Crippen molar-refractivity contribution < 1.29 is 14.2 Å². The fourth-order valence-corrected chi connectivity index (χ4v) is 4.35. The Kier molecular flexibility index (Phi) is 6.55. The van der Waals surface area contributed by atoms with Crippen molar-refractivity contribution in [2.75, 3.05) is 0 Å². The molecule has 3 nitrogen and oxygen atoms in total. The number of ether oxygens (including phenoxy) is 3. The van der Waals surface area contributed by atoms with Gasteiger partial charge >= 0.3 is 0 Å². The van der Waals surface area contributed by atoms with E-state index in [0.717, 1.165) is 12.8 Å². The molecule has 0 aromatic carbocycles. The second kappa shape index (κ2) is 7.84. The molecular weight excluding hydrogens is 288 g/mol. The quantitative estimate of drug-likeness (QED) is 0.736. The Morgan fingerprint density at radius 3 is 1.83 bits per heavy atom. The van der Waals surface area contributed by atoms with Gasteiger partial charge in [-0.1, -0.05) is 48.5 Å². The molecule has 23 heavy (non-hydrogen) atoms. The van der Waals surface area contributed by atoms with Gasteiger partial charge in [0, 0.05) is 5.92 Å². The van der Waals surface area contributed by atoms with Crippen molar-refractivity contribution in [3.8, 4) is 0 Å². The first-order valence-corrected chi connectivity index (χ1v) is 9.78. The molecule has 10 atom stereocenters. The van der Waals surface area contributed by atoms with Gasteiger partial charge in [0.1, 0.15) is 0 Å². The second-order valence-corrected chi connectivity index (χ2v) is 8.14. The monoisotopic (exact) mass is 326 g/mol. The van der Waals surface area contributed by atoms with E-state index in [1.807, 2.05) is 0 Å². The fourth-order valence-electron chi connectivity index (χ4n) is 4.35. The van der Waals surface area contributed by atoms with E-state index in [0.29, 0.717) is 41.8 Å². The number of rotatable bonds is 4. The molecule has 0 aromatic heterocycles. The maximum Gasteiger partial charge on any atom is 0.161 e. The highest BCUT2D eigenvalue weighted by Gasteiger charge is 2.45. The molecule has 0 aliphatic carbocycles. The second-order valence-electron chi connectivity index (χ2n) is 8.14. The van der Waals surface area contributed by atoms with Crippen LogP contribution in [-0.4, -0.2) is 30.7 Å². The van der Waals surface area contributed by atoms with E-state index in [1.54, 1.807) is 0 Å². The minimum Gasteiger partial charge on any atom is -0.372 e. The van der Waals surface area contributed by atoms with Gasteiger partial charge in [0.25, 0.3) is 0 Å². The summed E-state index contributed by atoms with van der Waals surface area (Å²) in [6.45, 7) is 18.1. The molecule has 2 aliphatic rings. The summed E-state index contributed by atoms with van der Waals surface area (Å²) >= 11 is 0. The standard InChI is InChI=1S/C20H38O3/c1-9-17-13(5)11(3)15(7)20(22-17)23-19-14(6)12(4)16(8)21-18(19)10-2/h11-20H,9-10H2,1-8H3/t11-,12?,13+,14-,15?,16?,17?,18?,19+,20+/m1/s1. The zero-order valence-corrected chi connectivity index (χ0v) is 16.4. The van der Waals surface area contributed by atoms with E-state index in [2.05, 4.69) is 55.4 Å². The fraction of sp³-hybridized carbons (Fsp3) is 1.00. The SMILES string of the molecule is CCC1O[C@@H](O[C@@H]2C(CC)OC(C)C(C)[C@H]2C)C(C)[C@H](C)[C@@H]1C. The van der Waals surface area contributed by atoms with E-state index in [-0.39, 0.29) is 18.5 Å². The highest BCUT2D eigenvalue weighted by Crippen LogP contribution is 2.40. The molecule has 5 unspecified atom stereocenters. The summed E-state index contributed by atoms with van der Waals surface area (Å²) in [5.41, 5.74) is 0. The lowest BCUT2D eigenvalue weighted by molar-refractivity contribution is -0.299. The summed E-state index contributed by atoms with van der Waals surface area (Å²) in [6.07, 6.45) is 2.88. The van der Waals surface area contributed by atoms with Crippen molar-refractivity contribution >= 4 is 0 Å². The van der Waals surface area contributed by atoms with Gasteiger partial charge in [-0.2, -0.15) is 0 Å². The van der Waals surface area contributed by atoms with Gasteiger partial charge in [-0.05, 0) is 43.4 Å². The highest BCUT2D eigenvalue weighted by atomic mass is 16.7. The Labute approximate surface area is 143 Å². The number of hydrogen-bond acceptors (Lipinski definition) is 3. The zero-order valence-electron chi connectivity index (χ0n) is 16.4. The van der Waals surface area contributed by atoms with Crippen molar-refractivity contribution in [3.05, 3.63) is 0 Å². The van der Waals surface area contributed by atoms with Crippen LogP contribution in [0.15, 0.2) is 0 Å². The largest absolute Gasteiger partial charge is 0.372 e. The normalized spacial score (nSPS) is 51.7. The van der Waals surface area contributed by atoms with Crippen LogP contribution in [-0.2, 0) is 14.2 Å². The van der Waals surface area contributed by atoms with E-state index >= 15 is 0 Å². The molecule has 0 aromatic rings. The Hall–Kier alpha value is -0.120. The van der Waals surface area contributed by atoms with Crippen LogP contribution in [0.5, 0.6) is 0 Å². The van der Waals surface area contributed by atoms with Crippen molar-refractivity contribution in [1.82, 2.24) is 0 Å². The summed E-state index contributed by atoms with van der Waals surface area (Å²) in [6, 6.07) is 0. The number of hydrogen-bond donors (Lipinski definition) is 0. The third kappa shape index (κ3) is 3.77. The molecule has 0 radical (unpaired) electrons. The first-order valence-electron chi connectivity index (χ1n) is 9.78. The van der Waals surface area contributed by atoms with Crippen LogP contribution in [0.3, 0.4) is 0 Å². The maximum atomic E-state index is 6.58. The summed E-state index contributed by atoms with van der Waals surface area (Å²) < 4.78 is 19.2. The van der Waals surface area contributed by atoms with Gasteiger partial charge in [0.05, 0.1) is 24.4 Å². The molecule has 136 valence electrons. The molecule has 0 N–H and O–H groups in total. The molecule has 2 rings (SSSR count). The Bertz CT molecular complexity index is 368. The molecule has 2 fully saturated rings. The minimum atomic E-state index is -0.100. The lowest BCUT2D eigenvalue weighted by Crippen LogP contribution is -2.54. The lowest BCUT2D eigenvalue weighted by Gasteiger charge is -2.48. The van der Waals surface area contributed by atoms with Gasteiger partial charge in [-0.15, -0.1) is 0 Å². The molecule has 0 saturated carbocycles. The Morgan fingerprint density at radius 1 is 0.652 bits per heavy atom. The smallest absolute Gasteiger partial charge is 0.161 e. The molecule has 3 heteroatoms. The van der Waals surface area contributed by atoms with Gasteiger partial charge in [0.2, 0.25) is 0 Å². The highest BCUT2D eigenvalue weighted by molar-refractivity contribution is 4.89. The van der Waals surface area contributed by atoms with Crippen LogP contribution in [0.25, 0.3) is 0 Å². The van der Waals surface area contributed by atoms with E-state index in [4.69, 9.17) is 14.2 Å². The summed E-state index contributed by atoms with van der Waals surface area (Å²) in [4.78, 5) is 0. The predicted molar refractivity (Wildman–Crippen MR) is 94.3 cm³/mol. The van der Waals surface area contributed by atoms with Gasteiger partial charge in [-0.3, -0.25) is 0 Å². The van der Waals surface area contributed by atoms with Crippen LogP contribution < -0.4 is 0 Å². The van der Waals surface area contributed by atoms with Crippen LogP contribution >= 0.6 is 0 Å². The van der Waals surface area contributed by atoms with Crippen LogP contribution in [0, 0.1) is 29.6 Å². The maximum absolute atomic E-state index is 6.58. The van der Waals surface area contributed by atoms with Crippen LogP contribution in [0.4, 0.5) is 0 Å². The topological polar surface area (TPSA) is 27.7 Å². The third-order valence-electron chi connectivity index (χ3n) is 6.92.